The highest BCUT2D eigenvalue weighted by Crippen LogP contribution is 2.22. The van der Waals surface area contributed by atoms with Gasteiger partial charge >= 0.3 is 0 Å². The number of nitrogens with one attached hydrogen (secondary N) is 1. The molecule has 0 aliphatic rings. The summed E-state index contributed by atoms with van der Waals surface area (Å²) in [5.41, 5.74) is 8.85. The molecule has 0 amide bonds. The SMILES string of the molecule is CCc1c(N)ncnc1Nc1cccc(COC)c1. The highest BCUT2D eigenvalue weighted by molar-refractivity contribution is 5.64. The zero-order chi connectivity index (χ0) is 13.7. The lowest BCUT2D eigenvalue weighted by atomic mass is 10.2. The van der Waals surface area contributed by atoms with Crippen LogP contribution in [0.15, 0.2) is 30.6 Å². The molecule has 3 N–H and O–H groups in total. The summed E-state index contributed by atoms with van der Waals surface area (Å²) < 4.78 is 5.12. The Morgan fingerprint density at radius 2 is 2.16 bits per heavy atom. The van der Waals surface area contributed by atoms with E-state index >= 15 is 0 Å². The molecular weight excluding hydrogens is 240 g/mol. The van der Waals surface area contributed by atoms with Crippen molar-refractivity contribution in [2.45, 2.75) is 20.0 Å². The monoisotopic (exact) mass is 258 g/mol. The van der Waals surface area contributed by atoms with Gasteiger partial charge in [-0.15, -0.1) is 0 Å². The third-order valence-corrected chi connectivity index (χ3v) is 2.83. The molecular formula is C14H18N4O. The van der Waals surface area contributed by atoms with Crippen LogP contribution in [0.5, 0.6) is 0 Å². The zero-order valence-electron chi connectivity index (χ0n) is 11.2. The van der Waals surface area contributed by atoms with Crippen LogP contribution in [-0.4, -0.2) is 17.1 Å². The van der Waals surface area contributed by atoms with E-state index in [1.54, 1.807) is 7.11 Å². The Labute approximate surface area is 112 Å². The molecule has 0 fully saturated rings. The summed E-state index contributed by atoms with van der Waals surface area (Å²) in [4.78, 5) is 8.25. The second kappa shape index (κ2) is 6.15. The molecule has 5 heteroatoms. The molecule has 1 heterocycles. The van der Waals surface area contributed by atoms with E-state index in [1.807, 2.05) is 31.2 Å². The average Bonchev–Trinajstić information content (AvgIpc) is 2.40. The zero-order valence-corrected chi connectivity index (χ0v) is 11.2. The Kier molecular flexibility index (Phi) is 4.30. The van der Waals surface area contributed by atoms with Crippen LogP contribution in [0, 0.1) is 0 Å². The van der Waals surface area contributed by atoms with Gasteiger partial charge in [0.25, 0.3) is 0 Å². The van der Waals surface area contributed by atoms with E-state index in [1.165, 1.54) is 6.33 Å². The number of nitrogens with two attached hydrogens (primary N) is 1. The predicted molar refractivity (Wildman–Crippen MR) is 76.3 cm³/mol. The van der Waals surface area contributed by atoms with E-state index in [0.717, 1.165) is 29.1 Å². The van der Waals surface area contributed by atoms with Crippen molar-refractivity contribution in [3.05, 3.63) is 41.7 Å². The summed E-state index contributed by atoms with van der Waals surface area (Å²) in [7, 11) is 1.68. The van der Waals surface area contributed by atoms with Crippen molar-refractivity contribution in [2.24, 2.45) is 0 Å². The smallest absolute Gasteiger partial charge is 0.139 e. The van der Waals surface area contributed by atoms with Crippen molar-refractivity contribution < 1.29 is 4.74 Å². The van der Waals surface area contributed by atoms with Gasteiger partial charge in [-0.2, -0.15) is 0 Å². The van der Waals surface area contributed by atoms with Gasteiger partial charge in [0.2, 0.25) is 0 Å². The first-order chi connectivity index (χ1) is 9.24. The van der Waals surface area contributed by atoms with Gasteiger partial charge < -0.3 is 15.8 Å². The summed E-state index contributed by atoms with van der Waals surface area (Å²) >= 11 is 0. The average molecular weight is 258 g/mol. The molecule has 5 nitrogen and oxygen atoms in total. The lowest BCUT2D eigenvalue weighted by Crippen LogP contribution is -2.04. The van der Waals surface area contributed by atoms with Crippen molar-refractivity contribution in [3.8, 4) is 0 Å². The number of hydrogen-bond acceptors (Lipinski definition) is 5. The van der Waals surface area contributed by atoms with E-state index in [4.69, 9.17) is 10.5 Å². The van der Waals surface area contributed by atoms with Crippen molar-refractivity contribution in [1.29, 1.82) is 0 Å². The molecule has 0 unspecified atom stereocenters. The standard InChI is InChI=1S/C14H18N4O/c1-3-12-13(15)16-9-17-14(12)18-11-6-4-5-10(7-11)8-19-2/h4-7,9H,3,8H2,1-2H3,(H3,15,16,17,18). The van der Waals surface area contributed by atoms with Crippen molar-refractivity contribution >= 4 is 17.3 Å². The van der Waals surface area contributed by atoms with E-state index in [9.17, 15) is 0 Å². The van der Waals surface area contributed by atoms with Crippen LogP contribution in [0.4, 0.5) is 17.3 Å². The highest BCUT2D eigenvalue weighted by atomic mass is 16.5. The molecule has 1 aromatic carbocycles. The first-order valence-corrected chi connectivity index (χ1v) is 6.18. The minimum absolute atomic E-state index is 0.521. The van der Waals surface area contributed by atoms with Gasteiger partial charge in [-0.3, -0.25) is 0 Å². The number of nitrogens with zero attached hydrogens (tertiary/aromatic N) is 2. The molecule has 0 aliphatic carbocycles. The molecule has 2 rings (SSSR count). The number of benzene rings is 1. The summed E-state index contributed by atoms with van der Waals surface area (Å²) in [6.07, 6.45) is 2.25. The summed E-state index contributed by atoms with van der Waals surface area (Å²) in [6, 6.07) is 8.01. The van der Waals surface area contributed by atoms with Crippen molar-refractivity contribution in [1.82, 2.24) is 9.97 Å². The second-order valence-electron chi connectivity index (χ2n) is 4.20. The number of anilines is 3. The molecule has 100 valence electrons. The minimum Gasteiger partial charge on any atom is -0.383 e. The third-order valence-electron chi connectivity index (χ3n) is 2.83. The molecule has 1 aromatic heterocycles. The fraction of sp³-hybridized carbons (Fsp3) is 0.286. The molecule has 0 bridgehead atoms. The van der Waals surface area contributed by atoms with E-state index in [2.05, 4.69) is 15.3 Å². The lowest BCUT2D eigenvalue weighted by molar-refractivity contribution is 0.185. The third kappa shape index (κ3) is 3.20. The molecule has 2 aromatic rings. The highest BCUT2D eigenvalue weighted by Gasteiger charge is 2.07. The maximum atomic E-state index is 5.85. The molecule has 19 heavy (non-hydrogen) atoms. The largest absolute Gasteiger partial charge is 0.383 e. The maximum Gasteiger partial charge on any atom is 0.139 e. The number of methoxy groups -OCH3 is 1. The topological polar surface area (TPSA) is 73.1 Å². The molecule has 0 spiro atoms. The van der Waals surface area contributed by atoms with Gasteiger partial charge in [-0.25, -0.2) is 9.97 Å². The van der Waals surface area contributed by atoms with E-state index in [-0.39, 0.29) is 0 Å². The van der Waals surface area contributed by atoms with Gasteiger partial charge in [0.15, 0.2) is 0 Å². The molecule has 0 saturated heterocycles. The number of aromatic nitrogens is 2. The molecule has 0 radical (unpaired) electrons. The van der Waals surface area contributed by atoms with E-state index in [0.29, 0.717) is 12.4 Å². The van der Waals surface area contributed by atoms with Gasteiger partial charge in [0, 0.05) is 18.4 Å². The van der Waals surface area contributed by atoms with Gasteiger partial charge in [0.1, 0.15) is 18.0 Å². The molecule has 0 saturated carbocycles. The van der Waals surface area contributed by atoms with Gasteiger partial charge in [-0.05, 0) is 24.1 Å². The van der Waals surface area contributed by atoms with Crippen LogP contribution < -0.4 is 11.1 Å². The fourth-order valence-electron chi connectivity index (χ4n) is 1.92. The second-order valence-corrected chi connectivity index (χ2v) is 4.20. The Hall–Kier alpha value is -2.14. The summed E-state index contributed by atoms with van der Waals surface area (Å²) in [6.45, 7) is 2.61. The summed E-state index contributed by atoms with van der Waals surface area (Å²) in [5.74, 6) is 1.28. The quantitative estimate of drug-likeness (QED) is 0.862. The van der Waals surface area contributed by atoms with Crippen LogP contribution >= 0.6 is 0 Å². The fourth-order valence-corrected chi connectivity index (χ4v) is 1.92. The Morgan fingerprint density at radius 1 is 1.32 bits per heavy atom. The van der Waals surface area contributed by atoms with Crippen molar-refractivity contribution in [2.75, 3.05) is 18.2 Å². The van der Waals surface area contributed by atoms with Crippen LogP contribution in [0.3, 0.4) is 0 Å². The minimum atomic E-state index is 0.521. The Morgan fingerprint density at radius 3 is 2.89 bits per heavy atom. The first-order valence-electron chi connectivity index (χ1n) is 6.18. The molecule has 0 atom stereocenters. The number of rotatable bonds is 5. The van der Waals surface area contributed by atoms with Gasteiger partial charge in [0.05, 0.1) is 6.61 Å². The Bertz CT molecular complexity index is 557. The van der Waals surface area contributed by atoms with Crippen LogP contribution in [0.2, 0.25) is 0 Å². The normalized spacial score (nSPS) is 10.4. The summed E-state index contributed by atoms with van der Waals surface area (Å²) in [5, 5.41) is 3.28. The predicted octanol–water partition coefficient (Wildman–Crippen LogP) is 2.51. The number of nitrogen functional groups attached to an aromatic ring is 1. The van der Waals surface area contributed by atoms with Crippen LogP contribution in [0.25, 0.3) is 0 Å². The van der Waals surface area contributed by atoms with E-state index < -0.39 is 0 Å². The molecule has 0 aliphatic heterocycles. The van der Waals surface area contributed by atoms with Gasteiger partial charge in [-0.1, -0.05) is 19.1 Å². The van der Waals surface area contributed by atoms with Crippen LogP contribution in [0.1, 0.15) is 18.1 Å². The lowest BCUT2D eigenvalue weighted by Gasteiger charge is -2.11. The van der Waals surface area contributed by atoms with Crippen LogP contribution in [-0.2, 0) is 17.8 Å². The number of ether oxygens (including phenoxy) is 1. The first kappa shape index (κ1) is 13.3. The maximum absolute atomic E-state index is 5.85. The van der Waals surface area contributed by atoms with Crippen molar-refractivity contribution in [3.63, 3.8) is 0 Å². The number of hydrogen-bond donors (Lipinski definition) is 2. The Balaban J connectivity index is 2.26.